The number of aromatic nitrogens is 1. The molecular formula is C25H30Cl2FN5S. The number of rotatable bonds is 4. The lowest BCUT2D eigenvalue weighted by Gasteiger charge is -2.40. The Morgan fingerprint density at radius 1 is 1.12 bits per heavy atom. The summed E-state index contributed by atoms with van der Waals surface area (Å²) in [5.41, 5.74) is 3.97. The first-order chi connectivity index (χ1) is 15.6. The number of benzene rings is 2. The molecular weight excluding hydrogens is 492 g/mol. The molecule has 3 aromatic rings. The first-order valence-electron chi connectivity index (χ1n) is 11.2. The number of amidine groups is 1. The fourth-order valence-electron chi connectivity index (χ4n) is 4.41. The van der Waals surface area contributed by atoms with Crippen LogP contribution in [0.2, 0.25) is 0 Å². The highest BCUT2D eigenvalue weighted by Crippen LogP contribution is 2.38. The second kappa shape index (κ2) is 11.5. The second-order valence-corrected chi connectivity index (χ2v) is 9.55. The van der Waals surface area contributed by atoms with Gasteiger partial charge in [0, 0.05) is 25.7 Å². The van der Waals surface area contributed by atoms with Crippen LogP contribution in [0.25, 0.3) is 0 Å². The van der Waals surface area contributed by atoms with Gasteiger partial charge in [-0.15, -0.1) is 36.2 Å². The van der Waals surface area contributed by atoms with Crippen molar-refractivity contribution < 1.29 is 4.39 Å². The van der Waals surface area contributed by atoms with Gasteiger partial charge in [0.2, 0.25) is 0 Å². The van der Waals surface area contributed by atoms with E-state index in [4.69, 9.17) is 9.98 Å². The maximum absolute atomic E-state index is 13.6. The number of likely N-dealkylation sites (N-methyl/N-ethyl adjacent to an activating group) is 1. The quantitative estimate of drug-likeness (QED) is 0.452. The van der Waals surface area contributed by atoms with E-state index in [0.717, 1.165) is 77.4 Å². The van der Waals surface area contributed by atoms with Crippen molar-refractivity contribution in [3.8, 4) is 0 Å². The predicted molar refractivity (Wildman–Crippen MR) is 145 cm³/mol. The van der Waals surface area contributed by atoms with E-state index in [-0.39, 0.29) is 30.6 Å². The lowest BCUT2D eigenvalue weighted by Crippen LogP contribution is -2.53. The highest BCUT2D eigenvalue weighted by atomic mass is 35.5. The van der Waals surface area contributed by atoms with Crippen molar-refractivity contribution in [3.05, 3.63) is 70.6 Å². The van der Waals surface area contributed by atoms with Crippen LogP contribution in [0.4, 0.5) is 20.8 Å². The van der Waals surface area contributed by atoms with Crippen molar-refractivity contribution in [2.75, 3.05) is 32.0 Å². The van der Waals surface area contributed by atoms with Gasteiger partial charge in [-0.2, -0.15) is 0 Å². The molecule has 2 aliphatic rings. The summed E-state index contributed by atoms with van der Waals surface area (Å²) in [4.78, 5) is 14.8. The number of para-hydroxylation sites is 2. The molecule has 0 radical (unpaired) electrons. The molecule has 1 unspecified atom stereocenters. The molecule has 34 heavy (non-hydrogen) atoms. The average Bonchev–Trinajstić information content (AvgIpc) is 3.14. The molecule has 5 nitrogen and oxygen atoms in total. The molecule has 1 aromatic heterocycles. The van der Waals surface area contributed by atoms with Crippen molar-refractivity contribution in [1.82, 2.24) is 14.8 Å². The Bertz CT molecular complexity index is 1150. The zero-order valence-electron chi connectivity index (χ0n) is 19.3. The van der Waals surface area contributed by atoms with Crippen molar-refractivity contribution in [2.45, 2.75) is 32.2 Å². The van der Waals surface area contributed by atoms with Gasteiger partial charge in [0.15, 0.2) is 5.84 Å². The lowest BCUT2D eigenvalue weighted by molar-refractivity contribution is 0.134. The SMILES string of the molecule is CCc1nc2c(s1)Nc1ccccc1N=C2N1CCN(C)C(CCc2cccc(F)c2)C1.Cl.Cl. The van der Waals surface area contributed by atoms with Gasteiger partial charge in [0.05, 0.1) is 16.4 Å². The minimum Gasteiger partial charge on any atom is -0.352 e. The molecule has 0 aliphatic carbocycles. The summed E-state index contributed by atoms with van der Waals surface area (Å²) in [7, 11) is 2.18. The summed E-state index contributed by atoms with van der Waals surface area (Å²) in [5.74, 6) is 0.792. The number of fused-ring (bicyclic) bond motifs is 2. The van der Waals surface area contributed by atoms with Crippen molar-refractivity contribution >= 4 is 58.4 Å². The zero-order chi connectivity index (χ0) is 22.1. The Kier molecular flexibility index (Phi) is 8.93. The van der Waals surface area contributed by atoms with E-state index in [1.165, 1.54) is 6.07 Å². The molecule has 0 saturated carbocycles. The number of piperazine rings is 1. The van der Waals surface area contributed by atoms with Crippen LogP contribution in [0.5, 0.6) is 0 Å². The van der Waals surface area contributed by atoms with E-state index >= 15 is 0 Å². The highest BCUT2D eigenvalue weighted by Gasteiger charge is 2.31. The molecule has 1 saturated heterocycles. The van der Waals surface area contributed by atoms with E-state index in [9.17, 15) is 4.39 Å². The summed E-state index contributed by atoms with van der Waals surface area (Å²) in [6.45, 7) is 4.89. The Morgan fingerprint density at radius 3 is 2.74 bits per heavy atom. The van der Waals surface area contributed by atoms with Gasteiger partial charge in [-0.3, -0.25) is 4.90 Å². The van der Waals surface area contributed by atoms with E-state index < -0.39 is 0 Å². The molecule has 1 atom stereocenters. The Hall–Kier alpha value is -2.19. The highest BCUT2D eigenvalue weighted by molar-refractivity contribution is 7.16. The largest absolute Gasteiger partial charge is 0.352 e. The van der Waals surface area contributed by atoms with Crippen LogP contribution in [0.3, 0.4) is 0 Å². The normalized spacial score (nSPS) is 17.3. The smallest absolute Gasteiger partial charge is 0.158 e. The molecule has 9 heteroatoms. The van der Waals surface area contributed by atoms with E-state index in [1.54, 1.807) is 23.5 Å². The molecule has 1 fully saturated rings. The van der Waals surface area contributed by atoms with Crippen molar-refractivity contribution in [3.63, 3.8) is 0 Å². The van der Waals surface area contributed by atoms with Crippen LogP contribution in [0.1, 0.15) is 29.6 Å². The predicted octanol–water partition coefficient (Wildman–Crippen LogP) is 6.07. The molecule has 1 N–H and O–H groups in total. The number of thiazole rings is 1. The number of nitrogens with zero attached hydrogens (tertiary/aromatic N) is 4. The third-order valence-corrected chi connectivity index (χ3v) is 7.41. The number of hydrogen-bond acceptors (Lipinski definition) is 6. The molecule has 182 valence electrons. The topological polar surface area (TPSA) is 43.8 Å². The third kappa shape index (κ3) is 5.54. The van der Waals surface area contributed by atoms with Crippen LogP contribution in [-0.2, 0) is 12.8 Å². The van der Waals surface area contributed by atoms with Crippen LogP contribution in [0, 0.1) is 5.82 Å². The monoisotopic (exact) mass is 521 g/mol. The third-order valence-electron chi connectivity index (χ3n) is 6.30. The average molecular weight is 523 g/mol. The first-order valence-corrected chi connectivity index (χ1v) is 12.1. The van der Waals surface area contributed by atoms with Gasteiger partial charge < -0.3 is 10.2 Å². The number of hydrogen-bond donors (Lipinski definition) is 1. The van der Waals surface area contributed by atoms with Gasteiger partial charge in [0.1, 0.15) is 16.5 Å². The number of anilines is 2. The van der Waals surface area contributed by atoms with Gasteiger partial charge >= 0.3 is 0 Å². The lowest BCUT2D eigenvalue weighted by atomic mass is 10.0. The van der Waals surface area contributed by atoms with Crippen LogP contribution in [-0.4, -0.2) is 53.3 Å². The van der Waals surface area contributed by atoms with Gasteiger partial charge in [0.25, 0.3) is 0 Å². The first kappa shape index (κ1) is 26.4. The fourth-order valence-corrected chi connectivity index (χ4v) is 5.33. The second-order valence-electron chi connectivity index (χ2n) is 8.47. The summed E-state index contributed by atoms with van der Waals surface area (Å²) < 4.78 is 13.6. The molecule has 0 spiro atoms. The standard InChI is InChI=1S/C25H28FN5S.2ClH/c1-3-22-29-23-24(27-20-9-4-5-10-21(20)28-25(23)32-22)31-14-13-30(2)19(16-31)12-11-17-7-6-8-18(26)15-17;;/h4-10,15,19,28H,3,11-14,16H2,1-2H3;2*1H. The summed E-state index contributed by atoms with van der Waals surface area (Å²) in [6, 6.07) is 15.5. The van der Waals surface area contributed by atoms with E-state index in [2.05, 4.69) is 41.2 Å². The molecule has 5 rings (SSSR count). The van der Waals surface area contributed by atoms with Crippen LogP contribution < -0.4 is 5.32 Å². The summed E-state index contributed by atoms with van der Waals surface area (Å²) in [5, 5.41) is 5.75. The van der Waals surface area contributed by atoms with Gasteiger partial charge in [-0.05, 0) is 56.1 Å². The number of halogens is 3. The van der Waals surface area contributed by atoms with Crippen molar-refractivity contribution in [1.29, 1.82) is 0 Å². The van der Waals surface area contributed by atoms with E-state index in [0.29, 0.717) is 6.04 Å². The summed E-state index contributed by atoms with van der Waals surface area (Å²) in [6.07, 6.45) is 2.75. The molecule has 0 bridgehead atoms. The maximum atomic E-state index is 13.6. The van der Waals surface area contributed by atoms with Gasteiger partial charge in [-0.25, -0.2) is 14.4 Å². The van der Waals surface area contributed by atoms with Crippen LogP contribution in [0.15, 0.2) is 53.5 Å². The van der Waals surface area contributed by atoms with Crippen molar-refractivity contribution in [2.24, 2.45) is 4.99 Å². The Balaban J connectivity index is 0.00000162. The minimum absolute atomic E-state index is 0. The molecule has 2 aliphatic heterocycles. The molecule has 0 amide bonds. The fraction of sp³-hybridized carbons (Fsp3) is 0.360. The minimum atomic E-state index is -0.164. The van der Waals surface area contributed by atoms with Crippen LogP contribution >= 0.6 is 36.2 Å². The van der Waals surface area contributed by atoms with Gasteiger partial charge in [-0.1, -0.05) is 31.2 Å². The summed E-state index contributed by atoms with van der Waals surface area (Å²) >= 11 is 1.71. The molecule has 3 heterocycles. The Morgan fingerprint density at radius 2 is 1.94 bits per heavy atom. The van der Waals surface area contributed by atoms with E-state index in [1.807, 2.05) is 18.2 Å². The zero-order valence-corrected chi connectivity index (χ0v) is 21.8. The molecule has 2 aromatic carbocycles. The Labute approximate surface area is 216 Å². The number of aliphatic imine (C=N–C) groups is 1. The number of nitrogens with one attached hydrogen (secondary N) is 1. The number of aryl methyl sites for hydroxylation is 2. The maximum Gasteiger partial charge on any atom is 0.158 e.